The molecule has 3 aromatic rings. The highest BCUT2D eigenvalue weighted by molar-refractivity contribution is 6.31. The van der Waals surface area contributed by atoms with Crippen LogP contribution in [0, 0.1) is 0 Å². The maximum absolute atomic E-state index is 6.18. The predicted molar refractivity (Wildman–Crippen MR) is 122 cm³/mol. The van der Waals surface area contributed by atoms with E-state index in [-0.39, 0.29) is 0 Å². The first-order valence-corrected chi connectivity index (χ1v) is 10.5. The van der Waals surface area contributed by atoms with Crippen LogP contribution in [-0.4, -0.2) is 47.7 Å². The van der Waals surface area contributed by atoms with Crippen LogP contribution in [0.2, 0.25) is 5.02 Å². The number of hydrogen-bond donors (Lipinski definition) is 0. The number of hydrogen-bond acceptors (Lipinski definition) is 4. The molecule has 1 aromatic heterocycles. The number of benzene rings is 2. The first-order chi connectivity index (χ1) is 14.2. The average molecular weight is 452 g/mol. The Morgan fingerprint density at radius 2 is 1.93 bits per heavy atom. The van der Waals surface area contributed by atoms with Gasteiger partial charge in [0.2, 0.25) is 0 Å². The Kier molecular flexibility index (Phi) is 7.81. The largest absolute Gasteiger partial charge is 0.495 e. The quantitative estimate of drug-likeness (QED) is 0.315. The van der Waals surface area contributed by atoms with Gasteiger partial charge in [0.25, 0.3) is 0 Å². The van der Waals surface area contributed by atoms with Crippen molar-refractivity contribution in [2.75, 3.05) is 36.9 Å². The number of ether oxygens (including phenoxy) is 1. The van der Waals surface area contributed by atoms with Crippen molar-refractivity contribution in [1.82, 2.24) is 9.55 Å². The standard InChI is InChI=1S/C21H21Cl3N4O/c1-29-21-12-16(2-4-20(21)27(9-6-22)10-7-23)14-26-18-13-17(24)3-5-19(18)28-11-8-25-15-28/h2-5,8,11-15H,6-7,9-10H2,1H3. The van der Waals surface area contributed by atoms with E-state index in [0.717, 1.165) is 28.4 Å². The lowest BCUT2D eigenvalue weighted by atomic mass is 10.1. The van der Waals surface area contributed by atoms with Crippen LogP contribution in [0.1, 0.15) is 5.56 Å². The minimum Gasteiger partial charge on any atom is -0.495 e. The SMILES string of the molecule is COc1cc(C=Nc2cc(Cl)ccc2-n2ccnc2)ccc1N(CCCl)CCCl. The molecule has 152 valence electrons. The molecule has 1 heterocycles. The number of imidazole rings is 1. The van der Waals surface area contributed by atoms with Gasteiger partial charge in [0.05, 0.1) is 30.5 Å². The van der Waals surface area contributed by atoms with Crippen LogP contribution in [0.25, 0.3) is 5.69 Å². The van der Waals surface area contributed by atoms with Crippen molar-refractivity contribution in [2.45, 2.75) is 0 Å². The third-order valence-corrected chi connectivity index (χ3v) is 4.90. The fourth-order valence-electron chi connectivity index (χ4n) is 2.96. The summed E-state index contributed by atoms with van der Waals surface area (Å²) < 4.78 is 7.48. The molecule has 0 aliphatic rings. The zero-order valence-corrected chi connectivity index (χ0v) is 18.2. The van der Waals surface area contributed by atoms with Gasteiger partial charge in [-0.1, -0.05) is 17.7 Å². The molecule has 0 aliphatic heterocycles. The molecule has 0 N–H and O–H groups in total. The first kappa shape index (κ1) is 21.5. The Morgan fingerprint density at radius 1 is 1.14 bits per heavy atom. The normalized spacial score (nSPS) is 11.2. The van der Waals surface area contributed by atoms with Crippen molar-refractivity contribution >= 4 is 52.4 Å². The fraction of sp³-hybridized carbons (Fsp3) is 0.238. The number of anilines is 1. The minimum atomic E-state index is 0.509. The summed E-state index contributed by atoms with van der Waals surface area (Å²) in [4.78, 5) is 10.8. The van der Waals surface area contributed by atoms with Gasteiger partial charge in [-0.3, -0.25) is 4.99 Å². The maximum atomic E-state index is 6.18. The summed E-state index contributed by atoms with van der Waals surface area (Å²) in [6.45, 7) is 1.38. The van der Waals surface area contributed by atoms with Gasteiger partial charge in [0.1, 0.15) is 5.75 Å². The fourth-order valence-corrected chi connectivity index (χ4v) is 3.53. The highest BCUT2D eigenvalue weighted by atomic mass is 35.5. The van der Waals surface area contributed by atoms with Crippen LogP contribution in [0.3, 0.4) is 0 Å². The lowest BCUT2D eigenvalue weighted by Crippen LogP contribution is -2.28. The molecule has 2 aromatic carbocycles. The molecule has 0 atom stereocenters. The molecule has 3 rings (SSSR count). The molecule has 5 nitrogen and oxygen atoms in total. The molecule has 0 aliphatic carbocycles. The van der Waals surface area contributed by atoms with Gasteiger partial charge in [-0.25, -0.2) is 4.98 Å². The number of nitrogens with zero attached hydrogens (tertiary/aromatic N) is 4. The number of aromatic nitrogens is 2. The molecule has 0 saturated heterocycles. The Bertz CT molecular complexity index is 955. The summed E-state index contributed by atoms with van der Waals surface area (Å²) in [5.74, 6) is 1.76. The van der Waals surface area contributed by atoms with Crippen LogP contribution < -0.4 is 9.64 Å². The number of rotatable bonds is 9. The third kappa shape index (κ3) is 5.44. The van der Waals surface area contributed by atoms with E-state index >= 15 is 0 Å². The van der Waals surface area contributed by atoms with Crippen molar-refractivity contribution < 1.29 is 4.74 Å². The number of halogens is 3. The predicted octanol–water partition coefficient (Wildman–Crippen LogP) is 5.57. The van der Waals surface area contributed by atoms with E-state index in [0.29, 0.717) is 29.9 Å². The molecule has 0 unspecified atom stereocenters. The van der Waals surface area contributed by atoms with E-state index in [2.05, 4.69) is 14.9 Å². The highest BCUT2D eigenvalue weighted by Gasteiger charge is 2.12. The molecular formula is C21H21Cl3N4O. The lowest BCUT2D eigenvalue weighted by molar-refractivity contribution is 0.414. The van der Waals surface area contributed by atoms with E-state index in [1.165, 1.54) is 0 Å². The van der Waals surface area contributed by atoms with E-state index < -0.39 is 0 Å². The average Bonchev–Trinajstić information content (AvgIpc) is 3.26. The zero-order chi connectivity index (χ0) is 20.6. The van der Waals surface area contributed by atoms with Crippen molar-refractivity contribution in [1.29, 1.82) is 0 Å². The second-order valence-corrected chi connectivity index (χ2v) is 7.35. The first-order valence-electron chi connectivity index (χ1n) is 9.03. The molecule has 0 fully saturated rings. The third-order valence-electron chi connectivity index (χ3n) is 4.33. The van der Waals surface area contributed by atoms with Gasteiger partial charge in [-0.2, -0.15) is 0 Å². The smallest absolute Gasteiger partial charge is 0.142 e. The van der Waals surface area contributed by atoms with Crippen LogP contribution in [0.5, 0.6) is 5.75 Å². The lowest BCUT2D eigenvalue weighted by Gasteiger charge is -2.25. The van der Waals surface area contributed by atoms with Gasteiger partial charge >= 0.3 is 0 Å². The van der Waals surface area contributed by atoms with E-state index in [9.17, 15) is 0 Å². The molecule has 0 amide bonds. The van der Waals surface area contributed by atoms with Crippen LogP contribution in [0.15, 0.2) is 60.1 Å². The number of methoxy groups -OCH3 is 1. The molecule has 0 radical (unpaired) electrons. The van der Waals surface area contributed by atoms with Gasteiger partial charge in [0.15, 0.2) is 0 Å². The van der Waals surface area contributed by atoms with Crippen LogP contribution >= 0.6 is 34.8 Å². The monoisotopic (exact) mass is 450 g/mol. The van der Waals surface area contributed by atoms with Gasteiger partial charge in [-0.05, 0) is 35.9 Å². The summed E-state index contributed by atoms with van der Waals surface area (Å²) in [6.07, 6.45) is 7.09. The second kappa shape index (κ2) is 10.5. The number of alkyl halides is 2. The summed E-state index contributed by atoms with van der Waals surface area (Å²) in [5, 5.41) is 0.617. The van der Waals surface area contributed by atoms with E-state index in [4.69, 9.17) is 39.5 Å². The van der Waals surface area contributed by atoms with Crippen LogP contribution in [-0.2, 0) is 0 Å². The molecule has 8 heteroatoms. The molecule has 29 heavy (non-hydrogen) atoms. The second-order valence-electron chi connectivity index (χ2n) is 6.16. The van der Waals surface area contributed by atoms with E-state index in [1.807, 2.05) is 47.2 Å². The Balaban J connectivity index is 1.91. The summed E-state index contributed by atoms with van der Waals surface area (Å²) in [7, 11) is 1.65. The molecule has 0 bridgehead atoms. The zero-order valence-electron chi connectivity index (χ0n) is 15.9. The van der Waals surface area contributed by atoms with Gasteiger partial charge in [-0.15, -0.1) is 23.2 Å². The molecule has 0 spiro atoms. The Hall–Kier alpha value is -2.21. The van der Waals surface area contributed by atoms with Crippen molar-refractivity contribution in [3.8, 4) is 11.4 Å². The maximum Gasteiger partial charge on any atom is 0.142 e. The van der Waals surface area contributed by atoms with E-state index in [1.54, 1.807) is 25.8 Å². The topological polar surface area (TPSA) is 42.6 Å². The summed E-state index contributed by atoms with van der Waals surface area (Å²) >= 11 is 18.0. The summed E-state index contributed by atoms with van der Waals surface area (Å²) in [5.41, 5.74) is 3.48. The van der Waals surface area contributed by atoms with Crippen molar-refractivity contribution in [2.24, 2.45) is 4.99 Å². The Morgan fingerprint density at radius 3 is 2.59 bits per heavy atom. The van der Waals surface area contributed by atoms with Crippen molar-refractivity contribution in [3.63, 3.8) is 0 Å². The number of aliphatic imine (C=N–C) groups is 1. The highest BCUT2D eigenvalue weighted by Crippen LogP contribution is 2.30. The van der Waals surface area contributed by atoms with Gasteiger partial charge in [0, 0.05) is 48.5 Å². The summed E-state index contributed by atoms with van der Waals surface area (Å²) in [6, 6.07) is 11.5. The Labute approximate surface area is 185 Å². The van der Waals surface area contributed by atoms with Crippen LogP contribution in [0.4, 0.5) is 11.4 Å². The molecular weight excluding hydrogens is 431 g/mol. The van der Waals surface area contributed by atoms with Crippen molar-refractivity contribution in [3.05, 3.63) is 65.7 Å². The molecule has 0 saturated carbocycles. The minimum absolute atomic E-state index is 0.509. The van der Waals surface area contributed by atoms with Gasteiger partial charge < -0.3 is 14.2 Å².